The molecule has 1 amide bonds. The van der Waals surface area contributed by atoms with Gasteiger partial charge in [0.1, 0.15) is 19.8 Å². The Hall–Kier alpha value is -1.89. The quantitative estimate of drug-likeness (QED) is 0.751. The molecule has 7 nitrogen and oxygen atoms in total. The number of aromatic nitrogens is 1. The number of carboxylic acids is 1. The van der Waals surface area contributed by atoms with Crippen LogP contribution < -0.4 is 0 Å². The van der Waals surface area contributed by atoms with Gasteiger partial charge >= 0.3 is 5.97 Å². The number of aryl methyl sites for hydroxylation is 1. The zero-order chi connectivity index (χ0) is 14.3. The van der Waals surface area contributed by atoms with E-state index < -0.39 is 5.97 Å². The number of carbonyl (C=O) groups is 2. The lowest BCUT2D eigenvalue weighted by atomic mass is 10.4. The summed E-state index contributed by atoms with van der Waals surface area (Å²) in [4.78, 5) is 23.6. The fraction of sp³-hybridized carbons (Fsp3) is 0.583. The smallest absolute Gasteiger partial charge is 0.323 e. The zero-order valence-electron chi connectivity index (χ0n) is 11.1. The highest BCUT2D eigenvalue weighted by Crippen LogP contribution is 2.04. The van der Waals surface area contributed by atoms with E-state index in [0.717, 1.165) is 5.69 Å². The normalized spacial score (nSPS) is 10.4. The van der Waals surface area contributed by atoms with E-state index in [1.54, 1.807) is 13.0 Å². The number of hydrogen-bond acceptors (Lipinski definition) is 5. The van der Waals surface area contributed by atoms with Crippen LogP contribution in [-0.4, -0.2) is 46.7 Å². The second kappa shape index (κ2) is 7.52. The number of aliphatic carboxylic acids is 1. The molecule has 0 saturated carbocycles. The molecule has 7 heteroatoms. The van der Waals surface area contributed by atoms with Crippen molar-refractivity contribution in [1.82, 2.24) is 10.1 Å². The Kier molecular flexibility index (Phi) is 6.01. The Morgan fingerprint density at radius 2 is 2.26 bits per heavy atom. The van der Waals surface area contributed by atoms with Crippen LogP contribution in [0.15, 0.2) is 10.6 Å². The van der Waals surface area contributed by atoms with E-state index in [4.69, 9.17) is 14.4 Å². The van der Waals surface area contributed by atoms with Crippen LogP contribution in [0.5, 0.6) is 0 Å². The minimum absolute atomic E-state index is 0.139. The average molecular weight is 270 g/mol. The van der Waals surface area contributed by atoms with Gasteiger partial charge in [0, 0.05) is 12.6 Å². The van der Waals surface area contributed by atoms with Crippen molar-refractivity contribution in [2.75, 3.05) is 19.7 Å². The number of carbonyl (C=O) groups excluding carboxylic acids is 1. The average Bonchev–Trinajstić information content (AvgIpc) is 2.74. The summed E-state index contributed by atoms with van der Waals surface area (Å²) >= 11 is 0. The van der Waals surface area contributed by atoms with Crippen molar-refractivity contribution in [3.8, 4) is 0 Å². The molecule has 19 heavy (non-hydrogen) atoms. The van der Waals surface area contributed by atoms with Crippen LogP contribution in [0.4, 0.5) is 0 Å². The predicted octanol–water partition coefficient (Wildman–Crippen LogP) is 0.823. The van der Waals surface area contributed by atoms with Crippen molar-refractivity contribution in [1.29, 1.82) is 0 Å². The third-order valence-electron chi connectivity index (χ3n) is 2.32. The second-order valence-corrected chi connectivity index (χ2v) is 4.14. The van der Waals surface area contributed by atoms with Crippen LogP contribution in [0.25, 0.3) is 0 Å². The molecule has 0 fully saturated rings. The van der Waals surface area contributed by atoms with Gasteiger partial charge in [-0.2, -0.15) is 0 Å². The molecule has 0 unspecified atom stereocenters. The molecule has 0 aliphatic heterocycles. The Labute approximate surface area is 111 Å². The van der Waals surface area contributed by atoms with Crippen molar-refractivity contribution in [2.24, 2.45) is 0 Å². The molecule has 0 aliphatic carbocycles. The lowest BCUT2D eigenvalue weighted by Crippen LogP contribution is -2.38. The van der Waals surface area contributed by atoms with Gasteiger partial charge in [0.2, 0.25) is 5.91 Å². The lowest BCUT2D eigenvalue weighted by Gasteiger charge is -2.19. The van der Waals surface area contributed by atoms with E-state index in [-0.39, 0.29) is 25.7 Å². The maximum Gasteiger partial charge on any atom is 0.323 e. The molecule has 0 radical (unpaired) electrons. The molecule has 1 rings (SSSR count). The Bertz CT molecular complexity index is 430. The molecule has 0 atom stereocenters. The zero-order valence-corrected chi connectivity index (χ0v) is 11.1. The van der Waals surface area contributed by atoms with Gasteiger partial charge in [0.05, 0.1) is 5.69 Å². The number of carboxylic acid groups (broad SMARTS) is 1. The van der Waals surface area contributed by atoms with Crippen LogP contribution in [0.3, 0.4) is 0 Å². The van der Waals surface area contributed by atoms with E-state index in [9.17, 15) is 9.59 Å². The molecule has 106 valence electrons. The molecule has 1 aromatic rings. The van der Waals surface area contributed by atoms with Crippen molar-refractivity contribution < 1.29 is 24.0 Å². The summed E-state index contributed by atoms with van der Waals surface area (Å²) in [5, 5.41) is 12.4. The summed E-state index contributed by atoms with van der Waals surface area (Å²) < 4.78 is 10.1. The molecule has 0 bridgehead atoms. The van der Waals surface area contributed by atoms with Gasteiger partial charge < -0.3 is 19.3 Å². The summed E-state index contributed by atoms with van der Waals surface area (Å²) in [6.07, 6.45) is 0.695. The number of nitrogens with zero attached hydrogens (tertiary/aromatic N) is 2. The summed E-state index contributed by atoms with van der Waals surface area (Å²) in [6, 6.07) is 1.71. The van der Waals surface area contributed by atoms with Crippen LogP contribution >= 0.6 is 0 Å². The molecule has 0 aliphatic rings. The SMILES string of the molecule is CCCN(CC(=O)O)C(=O)COCc1cc(C)no1. The maximum absolute atomic E-state index is 11.8. The van der Waals surface area contributed by atoms with Crippen LogP contribution in [0, 0.1) is 6.92 Å². The van der Waals surface area contributed by atoms with Gasteiger partial charge in [-0.15, -0.1) is 0 Å². The van der Waals surface area contributed by atoms with E-state index in [0.29, 0.717) is 18.7 Å². The van der Waals surface area contributed by atoms with E-state index in [1.165, 1.54) is 4.90 Å². The van der Waals surface area contributed by atoms with Crippen LogP contribution in [-0.2, 0) is 20.9 Å². The highest BCUT2D eigenvalue weighted by atomic mass is 16.5. The van der Waals surface area contributed by atoms with Crippen molar-refractivity contribution >= 4 is 11.9 Å². The molecule has 0 spiro atoms. The first-order valence-corrected chi connectivity index (χ1v) is 6.02. The number of amides is 1. The molecular formula is C12H18N2O5. The standard InChI is InChI=1S/C12H18N2O5/c1-3-4-14(6-12(16)17)11(15)8-18-7-10-5-9(2)13-19-10/h5H,3-4,6-8H2,1-2H3,(H,16,17). The molecule has 1 heterocycles. The largest absolute Gasteiger partial charge is 0.480 e. The van der Waals surface area contributed by atoms with Gasteiger partial charge in [0.15, 0.2) is 5.76 Å². The number of rotatable bonds is 8. The topological polar surface area (TPSA) is 92.9 Å². The third kappa shape index (κ3) is 5.52. The van der Waals surface area contributed by atoms with Gasteiger partial charge in [-0.05, 0) is 13.3 Å². The first-order chi connectivity index (χ1) is 9.02. The van der Waals surface area contributed by atoms with Crippen molar-refractivity contribution in [3.63, 3.8) is 0 Å². The van der Waals surface area contributed by atoms with Crippen molar-refractivity contribution in [2.45, 2.75) is 26.9 Å². The summed E-state index contributed by atoms with van der Waals surface area (Å²) in [6.45, 7) is 3.72. The fourth-order valence-electron chi connectivity index (χ4n) is 1.54. The summed E-state index contributed by atoms with van der Waals surface area (Å²) in [5.41, 5.74) is 0.739. The van der Waals surface area contributed by atoms with Gasteiger partial charge in [-0.1, -0.05) is 12.1 Å². The van der Waals surface area contributed by atoms with E-state index in [2.05, 4.69) is 5.16 Å². The summed E-state index contributed by atoms with van der Waals surface area (Å²) in [5.74, 6) is -0.848. The summed E-state index contributed by atoms with van der Waals surface area (Å²) in [7, 11) is 0. The Morgan fingerprint density at radius 1 is 1.53 bits per heavy atom. The Morgan fingerprint density at radius 3 is 2.79 bits per heavy atom. The molecule has 1 aromatic heterocycles. The number of ether oxygens (including phenoxy) is 1. The second-order valence-electron chi connectivity index (χ2n) is 4.14. The molecular weight excluding hydrogens is 252 g/mol. The van der Waals surface area contributed by atoms with Gasteiger partial charge in [-0.3, -0.25) is 9.59 Å². The molecule has 0 saturated heterocycles. The maximum atomic E-state index is 11.8. The number of hydrogen-bond donors (Lipinski definition) is 1. The van der Waals surface area contributed by atoms with Gasteiger partial charge in [0.25, 0.3) is 0 Å². The molecule has 1 N–H and O–H groups in total. The highest BCUT2D eigenvalue weighted by Gasteiger charge is 2.16. The minimum atomic E-state index is -1.03. The molecule has 0 aromatic carbocycles. The van der Waals surface area contributed by atoms with Crippen LogP contribution in [0.2, 0.25) is 0 Å². The Balaban J connectivity index is 2.37. The third-order valence-corrected chi connectivity index (χ3v) is 2.32. The first kappa shape index (κ1) is 15.2. The minimum Gasteiger partial charge on any atom is -0.480 e. The van der Waals surface area contributed by atoms with E-state index >= 15 is 0 Å². The van der Waals surface area contributed by atoms with Crippen LogP contribution in [0.1, 0.15) is 24.8 Å². The monoisotopic (exact) mass is 270 g/mol. The fourth-order valence-corrected chi connectivity index (χ4v) is 1.54. The first-order valence-electron chi connectivity index (χ1n) is 6.02. The van der Waals surface area contributed by atoms with Crippen molar-refractivity contribution in [3.05, 3.63) is 17.5 Å². The van der Waals surface area contributed by atoms with Gasteiger partial charge in [-0.25, -0.2) is 0 Å². The predicted molar refractivity (Wildman–Crippen MR) is 65.4 cm³/mol. The lowest BCUT2D eigenvalue weighted by molar-refractivity contribution is -0.146. The highest BCUT2D eigenvalue weighted by molar-refractivity contribution is 5.82. The van der Waals surface area contributed by atoms with E-state index in [1.807, 2.05) is 6.92 Å².